The highest BCUT2D eigenvalue weighted by Crippen LogP contribution is 2.32. The highest BCUT2D eigenvalue weighted by Gasteiger charge is 2.46. The lowest BCUT2D eigenvalue weighted by Crippen LogP contribution is -2.61. The molecule has 4 nitrogen and oxygen atoms in total. The van der Waals surface area contributed by atoms with E-state index in [1.807, 2.05) is 59.7 Å². The zero-order valence-electron chi connectivity index (χ0n) is 18.7. The van der Waals surface area contributed by atoms with Crippen LogP contribution in [-0.4, -0.2) is 43.2 Å². The molecule has 1 aliphatic rings. The molecule has 1 heterocycles. The molecule has 0 aromatic heterocycles. The van der Waals surface area contributed by atoms with E-state index in [1.54, 1.807) is 0 Å². The quantitative estimate of drug-likeness (QED) is 0.542. The Hall–Kier alpha value is -0.949. The van der Waals surface area contributed by atoms with E-state index in [0.717, 1.165) is 6.07 Å². The lowest BCUT2D eigenvalue weighted by Gasteiger charge is -2.39. The molecule has 2 rings (SSSR count). The number of nitrogens with zero attached hydrogens (tertiary/aromatic N) is 1. The maximum Gasteiger partial charge on any atom is 0.416 e. The number of halogens is 3. The maximum atomic E-state index is 13.6. The van der Waals surface area contributed by atoms with E-state index >= 15 is 0 Å². The first-order valence-corrected chi connectivity index (χ1v) is 18.8. The van der Waals surface area contributed by atoms with Crippen LogP contribution in [0.1, 0.15) is 25.0 Å². The maximum absolute atomic E-state index is 13.6. The Morgan fingerprint density at radius 3 is 1.86 bits per heavy atom. The van der Waals surface area contributed by atoms with E-state index < -0.39 is 42.5 Å². The van der Waals surface area contributed by atoms with Gasteiger partial charge in [-0.2, -0.15) is 13.2 Å². The van der Waals surface area contributed by atoms with Gasteiger partial charge in [-0.25, -0.2) is 4.99 Å². The van der Waals surface area contributed by atoms with E-state index in [0.29, 0.717) is 23.3 Å². The van der Waals surface area contributed by atoms with Crippen molar-refractivity contribution in [3.63, 3.8) is 0 Å². The van der Waals surface area contributed by atoms with Gasteiger partial charge >= 0.3 is 14.7 Å². The van der Waals surface area contributed by atoms with Crippen LogP contribution in [0.25, 0.3) is 0 Å². The molecular formula is C19H32F3NO3Si3. The third-order valence-corrected chi connectivity index (χ3v) is 13.4. The molecule has 0 bridgehead atoms. The van der Waals surface area contributed by atoms with Crippen LogP contribution in [-0.2, 0) is 19.1 Å². The lowest BCUT2D eigenvalue weighted by molar-refractivity contribution is -0.137. The van der Waals surface area contributed by atoms with Crippen molar-refractivity contribution in [3.05, 3.63) is 29.3 Å². The van der Waals surface area contributed by atoms with Crippen LogP contribution < -0.4 is 5.19 Å². The van der Waals surface area contributed by atoms with E-state index in [9.17, 15) is 13.2 Å². The second-order valence-electron chi connectivity index (χ2n) is 10.2. The van der Waals surface area contributed by atoms with Crippen molar-refractivity contribution in [1.82, 2.24) is 0 Å². The van der Waals surface area contributed by atoms with Crippen molar-refractivity contribution in [3.8, 4) is 0 Å². The Morgan fingerprint density at radius 2 is 1.48 bits per heavy atom. The van der Waals surface area contributed by atoms with Gasteiger partial charge in [0.15, 0.2) is 16.6 Å². The fraction of sp³-hybridized carbons (Fsp3) is 0.632. The number of hydrogen-bond donors (Lipinski definition) is 0. The average Bonchev–Trinajstić information content (AvgIpc) is 2.81. The summed E-state index contributed by atoms with van der Waals surface area (Å²) in [4.78, 5) is 4.60. The van der Waals surface area contributed by atoms with Crippen molar-refractivity contribution in [2.45, 2.75) is 71.4 Å². The van der Waals surface area contributed by atoms with Crippen LogP contribution in [0, 0.1) is 0 Å². The van der Waals surface area contributed by atoms with Gasteiger partial charge < -0.3 is 13.0 Å². The van der Waals surface area contributed by atoms with Gasteiger partial charge in [-0.05, 0) is 77.9 Å². The Labute approximate surface area is 175 Å². The van der Waals surface area contributed by atoms with Gasteiger partial charge in [-0.1, -0.05) is 0 Å². The van der Waals surface area contributed by atoms with Gasteiger partial charge in [0.2, 0.25) is 5.90 Å². The lowest BCUT2D eigenvalue weighted by atomic mass is 10.1. The van der Waals surface area contributed by atoms with Gasteiger partial charge in [0.05, 0.1) is 11.1 Å². The largest absolute Gasteiger partial charge is 0.475 e. The van der Waals surface area contributed by atoms with E-state index in [2.05, 4.69) is 4.99 Å². The van der Waals surface area contributed by atoms with Crippen LogP contribution in [0.15, 0.2) is 23.2 Å². The van der Waals surface area contributed by atoms with Crippen LogP contribution in [0.2, 0.25) is 45.8 Å². The minimum atomic E-state index is -4.46. The van der Waals surface area contributed by atoms with E-state index in [1.165, 1.54) is 12.1 Å². The molecule has 0 fully saturated rings. The molecule has 1 aromatic carbocycles. The molecule has 0 spiro atoms. The fourth-order valence-corrected chi connectivity index (χ4v) is 15.2. The number of aliphatic imine (C=N–C) groups is 1. The third-order valence-electron chi connectivity index (χ3n) is 4.03. The molecule has 10 heteroatoms. The smallest absolute Gasteiger partial charge is 0.416 e. The first-order chi connectivity index (χ1) is 12.8. The summed E-state index contributed by atoms with van der Waals surface area (Å²) >= 11 is 0. The summed E-state index contributed by atoms with van der Waals surface area (Å²) in [6.07, 6.45) is -4.46. The summed E-state index contributed by atoms with van der Waals surface area (Å²) in [6.45, 7) is 18.2. The van der Waals surface area contributed by atoms with Crippen molar-refractivity contribution in [1.29, 1.82) is 0 Å². The summed E-state index contributed by atoms with van der Waals surface area (Å²) in [7, 11) is -7.47. The van der Waals surface area contributed by atoms with E-state index in [-0.39, 0.29) is 0 Å². The van der Waals surface area contributed by atoms with E-state index in [4.69, 9.17) is 13.0 Å². The van der Waals surface area contributed by atoms with Gasteiger partial charge in [-0.3, -0.25) is 0 Å². The van der Waals surface area contributed by atoms with Crippen molar-refractivity contribution in [2.24, 2.45) is 4.99 Å². The SMILES string of the molecule is CC1(C)COC(c2ccc(C(F)(F)F)cc2[Si](C)(O[Si](C)(C)C)O[Si](C)(C)C)=N1. The minimum absolute atomic E-state index is 0.357. The molecule has 0 unspecified atom stereocenters. The molecule has 0 saturated heterocycles. The summed E-state index contributed by atoms with van der Waals surface area (Å²) in [5, 5.41) is 0.439. The predicted octanol–water partition coefficient (Wildman–Crippen LogP) is 5.24. The fourth-order valence-electron chi connectivity index (χ4n) is 3.30. The highest BCUT2D eigenvalue weighted by molar-refractivity contribution is 6.94. The number of ether oxygens (including phenoxy) is 1. The summed E-state index contributed by atoms with van der Waals surface area (Å²) in [5.41, 5.74) is -0.604. The summed E-state index contributed by atoms with van der Waals surface area (Å²) < 4.78 is 59.5. The molecule has 0 atom stereocenters. The van der Waals surface area contributed by atoms with Crippen molar-refractivity contribution in [2.75, 3.05) is 6.61 Å². The molecule has 164 valence electrons. The Bertz CT molecular complexity index is 781. The molecule has 0 amide bonds. The Morgan fingerprint density at radius 1 is 0.966 bits per heavy atom. The second-order valence-corrected chi connectivity index (χ2v) is 22.7. The van der Waals surface area contributed by atoms with Crippen LogP contribution >= 0.6 is 0 Å². The highest BCUT2D eigenvalue weighted by atomic mass is 28.5. The van der Waals surface area contributed by atoms with Crippen LogP contribution in [0.5, 0.6) is 0 Å². The molecule has 0 radical (unpaired) electrons. The van der Waals surface area contributed by atoms with Gasteiger partial charge in [0.25, 0.3) is 0 Å². The van der Waals surface area contributed by atoms with Crippen molar-refractivity contribution < 1.29 is 26.1 Å². The number of hydrogen-bond acceptors (Lipinski definition) is 4. The first-order valence-electron chi connectivity index (χ1n) is 9.67. The monoisotopic (exact) mass is 463 g/mol. The predicted molar refractivity (Wildman–Crippen MR) is 118 cm³/mol. The third kappa shape index (κ3) is 6.51. The second kappa shape index (κ2) is 7.63. The molecule has 29 heavy (non-hydrogen) atoms. The summed E-state index contributed by atoms with van der Waals surface area (Å²) in [5.74, 6) is 0.357. The number of rotatable bonds is 6. The van der Waals surface area contributed by atoms with Gasteiger partial charge in [-0.15, -0.1) is 0 Å². The standard InChI is InChI=1S/C19H32F3NO3Si3/c1-18(2)13-24-17(23-18)15-11-10-14(19(20,21)22)12-16(15)29(9,25-27(3,4)5)26-28(6,7)8/h10-12H,13H2,1-9H3. The number of benzene rings is 1. The number of alkyl halides is 3. The van der Waals surface area contributed by atoms with Crippen LogP contribution in [0.4, 0.5) is 13.2 Å². The summed E-state index contributed by atoms with van der Waals surface area (Å²) in [6, 6.07) is 3.71. The van der Waals surface area contributed by atoms with Gasteiger partial charge in [0, 0.05) is 10.8 Å². The Kier molecular flexibility index (Phi) is 6.40. The molecule has 1 aliphatic heterocycles. The zero-order chi connectivity index (χ0) is 22.5. The first kappa shape index (κ1) is 24.3. The zero-order valence-corrected chi connectivity index (χ0v) is 21.7. The molecule has 0 aliphatic carbocycles. The molecular weight excluding hydrogens is 431 g/mol. The Balaban J connectivity index is 2.75. The van der Waals surface area contributed by atoms with Crippen molar-refractivity contribution >= 4 is 36.3 Å². The van der Waals surface area contributed by atoms with Crippen LogP contribution in [0.3, 0.4) is 0 Å². The molecule has 0 saturated carbocycles. The molecule has 1 aromatic rings. The normalized spacial score (nSPS) is 17.9. The molecule has 0 N–H and O–H groups in total. The minimum Gasteiger partial charge on any atom is -0.475 e. The average molecular weight is 464 g/mol. The topological polar surface area (TPSA) is 40.0 Å². The van der Waals surface area contributed by atoms with Gasteiger partial charge in [0.1, 0.15) is 6.61 Å².